The third kappa shape index (κ3) is 8.15. The Morgan fingerprint density at radius 1 is 0.771 bits per heavy atom. The lowest BCUT2D eigenvalue weighted by atomic mass is 9.96. The molecule has 0 aliphatic carbocycles. The second-order valence-electron chi connectivity index (χ2n) is 10.2. The minimum Gasteiger partial charge on any atom is -0.388 e. The molecule has 2 aliphatic rings. The van der Waals surface area contributed by atoms with Gasteiger partial charge in [-0.05, 0) is 20.3 Å². The molecule has 0 saturated carbocycles. The second-order valence-corrected chi connectivity index (χ2v) is 10.2. The maximum Gasteiger partial charge on any atom is 0.187 e. The topological polar surface area (TPSA) is 155 Å². The van der Waals surface area contributed by atoms with E-state index in [0.717, 1.165) is 32.1 Å². The number of unbranched alkanes of at least 4 members (excludes halogenated alkanes) is 5. The molecule has 2 heterocycles. The van der Waals surface area contributed by atoms with E-state index in [1.54, 1.807) is 20.8 Å². The summed E-state index contributed by atoms with van der Waals surface area (Å²) >= 11 is 0. The molecule has 10 nitrogen and oxygen atoms in total. The highest BCUT2D eigenvalue weighted by atomic mass is 16.8. The van der Waals surface area contributed by atoms with E-state index in [2.05, 4.69) is 6.92 Å². The molecule has 0 radical (unpaired) electrons. The monoisotopic (exact) mass is 506 g/mol. The molecule has 2 aliphatic heterocycles. The smallest absolute Gasteiger partial charge is 0.187 e. The third-order valence-electron chi connectivity index (χ3n) is 6.89. The summed E-state index contributed by atoms with van der Waals surface area (Å²) in [4.78, 5) is 12.9. The molecule has 2 rings (SSSR count). The first-order valence-electron chi connectivity index (χ1n) is 13.0. The highest BCUT2D eigenvalue weighted by Crippen LogP contribution is 2.31. The SMILES string of the molecule is CCCCCCCCC(O[C@H]1O[C@@H](C)[C@H](O)[C@@H](O)[C@H]1O[C@H]1O[C@@H](C)[C@@H](O)[C@H](O)[C@@H]1O)C(=O)C(C)C. The zero-order chi connectivity index (χ0) is 26.3. The number of ketones is 1. The first kappa shape index (κ1) is 30.5. The fraction of sp³-hybridized carbons (Fsp3) is 0.960. The molecule has 35 heavy (non-hydrogen) atoms. The minimum atomic E-state index is -1.61. The molecule has 0 aromatic rings. The standard InChI is InChI=1S/C25H46O10/c1-6-7-8-9-10-11-12-16(17(26)13(2)3)34-25-23(21(30)19(28)15(5)33-25)35-24-22(31)20(29)18(27)14(4)32-24/h13-16,18-25,27-31H,6-12H2,1-5H3/t14-,15-,16?,18+,19-,20-,21+,22-,23+,24+,25+/m0/s1. The molecule has 0 aromatic carbocycles. The fourth-order valence-electron chi connectivity index (χ4n) is 4.46. The van der Waals surface area contributed by atoms with Crippen molar-refractivity contribution >= 4 is 5.78 Å². The molecular formula is C25H46O10. The van der Waals surface area contributed by atoms with Gasteiger partial charge in [-0.25, -0.2) is 0 Å². The molecule has 0 amide bonds. The van der Waals surface area contributed by atoms with Gasteiger partial charge in [-0.1, -0.05) is 59.3 Å². The van der Waals surface area contributed by atoms with Crippen molar-refractivity contribution in [2.75, 3.05) is 0 Å². The zero-order valence-electron chi connectivity index (χ0n) is 21.7. The number of aliphatic hydroxyl groups is 5. The van der Waals surface area contributed by atoms with Crippen LogP contribution in [0.25, 0.3) is 0 Å². The van der Waals surface area contributed by atoms with Gasteiger partial charge in [-0.15, -0.1) is 0 Å². The Kier molecular flexibility index (Phi) is 12.5. The number of rotatable bonds is 13. The molecule has 2 fully saturated rings. The summed E-state index contributed by atoms with van der Waals surface area (Å²) in [6.45, 7) is 8.81. The number of carbonyl (C=O) groups is 1. The largest absolute Gasteiger partial charge is 0.388 e. The molecule has 0 bridgehead atoms. The van der Waals surface area contributed by atoms with Crippen molar-refractivity contribution in [3.63, 3.8) is 0 Å². The van der Waals surface area contributed by atoms with Gasteiger partial charge < -0.3 is 44.5 Å². The normalized spacial score (nSPS) is 39.1. The summed E-state index contributed by atoms with van der Waals surface area (Å²) in [6.07, 6.45) is -6.88. The van der Waals surface area contributed by atoms with Gasteiger partial charge >= 0.3 is 0 Å². The summed E-state index contributed by atoms with van der Waals surface area (Å²) in [6, 6.07) is 0. The summed E-state index contributed by atoms with van der Waals surface area (Å²) in [7, 11) is 0. The molecule has 10 heteroatoms. The van der Waals surface area contributed by atoms with Crippen molar-refractivity contribution in [3.05, 3.63) is 0 Å². The van der Waals surface area contributed by atoms with Gasteiger partial charge in [0.15, 0.2) is 18.4 Å². The number of aliphatic hydroxyl groups excluding tert-OH is 5. The lowest BCUT2D eigenvalue weighted by molar-refractivity contribution is -0.365. The lowest BCUT2D eigenvalue weighted by Crippen LogP contribution is -2.63. The van der Waals surface area contributed by atoms with Crippen molar-refractivity contribution in [1.82, 2.24) is 0 Å². The van der Waals surface area contributed by atoms with Crippen molar-refractivity contribution in [2.24, 2.45) is 5.92 Å². The predicted octanol–water partition coefficient (Wildman–Crippen LogP) is 1.03. The van der Waals surface area contributed by atoms with Crippen LogP contribution < -0.4 is 0 Å². The highest BCUT2D eigenvalue weighted by molar-refractivity contribution is 5.84. The number of hydrogen-bond donors (Lipinski definition) is 5. The Morgan fingerprint density at radius 3 is 1.91 bits per heavy atom. The minimum absolute atomic E-state index is 0.102. The van der Waals surface area contributed by atoms with Crippen LogP contribution in [0.2, 0.25) is 0 Å². The van der Waals surface area contributed by atoms with Gasteiger partial charge in [-0.2, -0.15) is 0 Å². The molecule has 206 valence electrons. The highest BCUT2D eigenvalue weighted by Gasteiger charge is 2.50. The Hall–Kier alpha value is -0.690. The van der Waals surface area contributed by atoms with Crippen molar-refractivity contribution < 1.29 is 49.3 Å². The lowest BCUT2D eigenvalue weighted by Gasteiger charge is -2.46. The summed E-state index contributed by atoms with van der Waals surface area (Å²) in [5.74, 6) is -0.382. The molecule has 2 saturated heterocycles. The van der Waals surface area contributed by atoms with Crippen molar-refractivity contribution in [1.29, 1.82) is 0 Å². The van der Waals surface area contributed by atoms with E-state index in [1.807, 2.05) is 0 Å². The quantitative estimate of drug-likeness (QED) is 0.229. The van der Waals surface area contributed by atoms with Crippen LogP contribution in [-0.2, 0) is 23.7 Å². The molecule has 0 aromatic heterocycles. The van der Waals surface area contributed by atoms with Crippen LogP contribution in [0.1, 0.15) is 79.6 Å². The van der Waals surface area contributed by atoms with Crippen molar-refractivity contribution in [2.45, 2.75) is 147 Å². The van der Waals surface area contributed by atoms with Crippen LogP contribution >= 0.6 is 0 Å². The van der Waals surface area contributed by atoms with E-state index in [-0.39, 0.29) is 11.7 Å². The Morgan fingerprint density at radius 2 is 1.31 bits per heavy atom. The van der Waals surface area contributed by atoms with Crippen LogP contribution in [0.5, 0.6) is 0 Å². The van der Waals surface area contributed by atoms with Gasteiger partial charge in [0.05, 0.1) is 12.2 Å². The van der Waals surface area contributed by atoms with Crippen molar-refractivity contribution in [3.8, 4) is 0 Å². The Balaban J connectivity index is 2.14. The average Bonchev–Trinajstić information content (AvgIpc) is 2.82. The van der Waals surface area contributed by atoms with E-state index < -0.39 is 67.5 Å². The van der Waals surface area contributed by atoms with E-state index >= 15 is 0 Å². The maximum atomic E-state index is 12.9. The van der Waals surface area contributed by atoms with Gasteiger partial charge in [0.2, 0.25) is 0 Å². The van der Waals surface area contributed by atoms with E-state index in [1.165, 1.54) is 13.3 Å². The zero-order valence-corrected chi connectivity index (χ0v) is 21.7. The number of carbonyl (C=O) groups excluding carboxylic acids is 1. The Bertz CT molecular complexity index is 631. The number of ether oxygens (including phenoxy) is 4. The molecular weight excluding hydrogens is 460 g/mol. The molecule has 1 unspecified atom stereocenters. The molecule has 0 spiro atoms. The second kappa shape index (κ2) is 14.3. The van der Waals surface area contributed by atoms with E-state index in [4.69, 9.17) is 18.9 Å². The van der Waals surface area contributed by atoms with Crippen LogP contribution in [0, 0.1) is 5.92 Å². The van der Waals surface area contributed by atoms with Gasteiger partial charge in [0.1, 0.15) is 42.7 Å². The molecule has 11 atom stereocenters. The first-order chi connectivity index (χ1) is 16.5. The predicted molar refractivity (Wildman–Crippen MR) is 126 cm³/mol. The fourth-order valence-corrected chi connectivity index (χ4v) is 4.46. The average molecular weight is 507 g/mol. The van der Waals surface area contributed by atoms with E-state index in [0.29, 0.717) is 6.42 Å². The summed E-state index contributed by atoms with van der Waals surface area (Å²) in [5, 5.41) is 51.6. The van der Waals surface area contributed by atoms with Crippen LogP contribution in [0.4, 0.5) is 0 Å². The van der Waals surface area contributed by atoms with Gasteiger partial charge in [0, 0.05) is 5.92 Å². The molecule has 5 N–H and O–H groups in total. The van der Waals surface area contributed by atoms with Crippen LogP contribution in [0.3, 0.4) is 0 Å². The Labute approximate surface area is 208 Å². The third-order valence-corrected chi connectivity index (χ3v) is 6.89. The van der Waals surface area contributed by atoms with Crippen LogP contribution in [-0.4, -0.2) is 98.8 Å². The van der Waals surface area contributed by atoms with Gasteiger partial charge in [-0.3, -0.25) is 4.79 Å². The first-order valence-corrected chi connectivity index (χ1v) is 13.0. The van der Waals surface area contributed by atoms with Crippen LogP contribution in [0.15, 0.2) is 0 Å². The maximum absolute atomic E-state index is 12.9. The summed E-state index contributed by atoms with van der Waals surface area (Å²) < 4.78 is 23.1. The number of Topliss-reactive ketones (excluding diaryl/α,β-unsaturated/α-hetero) is 1. The summed E-state index contributed by atoms with van der Waals surface area (Å²) in [5.41, 5.74) is 0. The number of hydrogen-bond acceptors (Lipinski definition) is 10. The van der Waals surface area contributed by atoms with E-state index in [9.17, 15) is 30.3 Å². The van der Waals surface area contributed by atoms with Gasteiger partial charge in [0.25, 0.3) is 0 Å².